The summed E-state index contributed by atoms with van der Waals surface area (Å²) in [6, 6.07) is 11.5. The third-order valence-corrected chi connectivity index (χ3v) is 2.60. The molecular weight excluding hydrogens is 244 g/mol. The molecule has 7 nitrogen and oxygen atoms in total. The average Bonchev–Trinajstić information content (AvgIpc) is 3.09. The van der Waals surface area contributed by atoms with Gasteiger partial charge in [0.15, 0.2) is 5.76 Å². The molecule has 0 spiro atoms. The van der Waals surface area contributed by atoms with Crippen molar-refractivity contribution < 1.29 is 4.52 Å². The van der Waals surface area contributed by atoms with Gasteiger partial charge in [-0.05, 0) is 5.21 Å². The van der Waals surface area contributed by atoms with Crippen LogP contribution in [0.1, 0.15) is 11.5 Å². The number of hydrogen-bond donors (Lipinski definition) is 1. The second-order valence-corrected chi connectivity index (χ2v) is 4.00. The number of tetrazole rings is 1. The number of nitrogens with two attached hydrogens (primary N) is 1. The van der Waals surface area contributed by atoms with E-state index in [1.165, 1.54) is 4.80 Å². The molecule has 0 bridgehead atoms. The van der Waals surface area contributed by atoms with E-state index in [1.54, 1.807) is 6.07 Å². The molecule has 7 heteroatoms. The molecule has 0 aliphatic heterocycles. The first-order chi connectivity index (χ1) is 9.35. The summed E-state index contributed by atoms with van der Waals surface area (Å²) in [4.78, 5) is 1.46. The molecule has 0 fully saturated rings. The Morgan fingerprint density at radius 2 is 2.05 bits per heavy atom. The van der Waals surface area contributed by atoms with Crippen LogP contribution in [0, 0.1) is 0 Å². The van der Waals surface area contributed by atoms with E-state index in [-0.39, 0.29) is 0 Å². The van der Waals surface area contributed by atoms with E-state index in [0.717, 1.165) is 5.56 Å². The monoisotopic (exact) mass is 256 g/mol. The zero-order chi connectivity index (χ0) is 13.1. The normalized spacial score (nSPS) is 10.8. The van der Waals surface area contributed by atoms with Gasteiger partial charge >= 0.3 is 0 Å². The van der Waals surface area contributed by atoms with Crippen molar-refractivity contribution in [1.29, 1.82) is 0 Å². The summed E-state index contributed by atoms with van der Waals surface area (Å²) in [5, 5.41) is 16.1. The highest BCUT2D eigenvalue weighted by Crippen LogP contribution is 2.12. The van der Waals surface area contributed by atoms with Crippen molar-refractivity contribution in [2.45, 2.75) is 13.1 Å². The van der Waals surface area contributed by atoms with Crippen LogP contribution in [0.4, 0.5) is 0 Å². The number of hydrogen-bond acceptors (Lipinski definition) is 6. The van der Waals surface area contributed by atoms with Crippen molar-refractivity contribution in [2.24, 2.45) is 5.73 Å². The van der Waals surface area contributed by atoms with Crippen LogP contribution in [0.2, 0.25) is 0 Å². The van der Waals surface area contributed by atoms with E-state index in [2.05, 4.69) is 20.6 Å². The Hall–Kier alpha value is -2.54. The predicted molar refractivity (Wildman–Crippen MR) is 66.7 cm³/mol. The van der Waals surface area contributed by atoms with Crippen LogP contribution >= 0.6 is 0 Å². The number of rotatable bonds is 4. The summed E-state index contributed by atoms with van der Waals surface area (Å²) in [6.07, 6.45) is 0. The van der Waals surface area contributed by atoms with Crippen molar-refractivity contribution in [1.82, 2.24) is 25.4 Å². The molecule has 0 saturated heterocycles. The molecule has 0 radical (unpaired) electrons. The first-order valence-electron chi connectivity index (χ1n) is 5.83. The van der Waals surface area contributed by atoms with Gasteiger partial charge in [-0.1, -0.05) is 35.5 Å². The Balaban J connectivity index is 1.78. The largest absolute Gasteiger partial charge is 0.359 e. The van der Waals surface area contributed by atoms with Gasteiger partial charge in [-0.3, -0.25) is 0 Å². The van der Waals surface area contributed by atoms with Crippen molar-refractivity contribution in [3.8, 4) is 11.4 Å². The lowest BCUT2D eigenvalue weighted by Gasteiger charge is -1.93. The minimum Gasteiger partial charge on any atom is -0.359 e. The molecule has 0 unspecified atom stereocenters. The lowest BCUT2D eigenvalue weighted by Crippen LogP contribution is -2.03. The Morgan fingerprint density at radius 1 is 1.21 bits per heavy atom. The first-order valence-corrected chi connectivity index (χ1v) is 5.83. The quantitative estimate of drug-likeness (QED) is 0.743. The standard InChI is InChI=1S/C12H12N6O/c13-7-10-6-11(19-16-10)8-18-15-12(14-17-18)9-4-2-1-3-5-9/h1-6H,7-8,13H2. The average molecular weight is 256 g/mol. The van der Waals surface area contributed by atoms with E-state index in [9.17, 15) is 0 Å². The second kappa shape index (κ2) is 4.99. The van der Waals surface area contributed by atoms with Gasteiger partial charge in [-0.25, -0.2) is 0 Å². The molecule has 0 amide bonds. The maximum atomic E-state index is 5.46. The SMILES string of the molecule is NCc1cc(Cn2nnc(-c3ccccc3)n2)on1. The van der Waals surface area contributed by atoms with Gasteiger partial charge in [-0.15, -0.1) is 10.2 Å². The zero-order valence-electron chi connectivity index (χ0n) is 10.1. The minimum atomic E-state index is 0.351. The van der Waals surface area contributed by atoms with Crippen LogP contribution in [0.25, 0.3) is 11.4 Å². The van der Waals surface area contributed by atoms with E-state index in [0.29, 0.717) is 30.4 Å². The molecule has 2 aromatic heterocycles. The van der Waals surface area contributed by atoms with E-state index in [4.69, 9.17) is 10.3 Å². The zero-order valence-corrected chi connectivity index (χ0v) is 10.1. The Morgan fingerprint density at radius 3 is 2.79 bits per heavy atom. The number of nitrogens with zero attached hydrogens (tertiary/aromatic N) is 5. The third-order valence-electron chi connectivity index (χ3n) is 2.60. The molecule has 1 aromatic carbocycles. The molecule has 3 aromatic rings. The lowest BCUT2D eigenvalue weighted by molar-refractivity contribution is 0.358. The molecule has 0 saturated carbocycles. The molecule has 96 valence electrons. The maximum Gasteiger partial charge on any atom is 0.204 e. The second-order valence-electron chi connectivity index (χ2n) is 4.00. The van der Waals surface area contributed by atoms with E-state index >= 15 is 0 Å². The molecule has 2 N–H and O–H groups in total. The molecule has 3 rings (SSSR count). The summed E-state index contributed by atoms with van der Waals surface area (Å²) < 4.78 is 5.12. The van der Waals surface area contributed by atoms with Gasteiger partial charge in [0, 0.05) is 18.2 Å². The third kappa shape index (κ3) is 2.50. The summed E-state index contributed by atoms with van der Waals surface area (Å²) in [5.74, 6) is 1.23. The molecule has 0 aliphatic carbocycles. The highest BCUT2D eigenvalue weighted by atomic mass is 16.5. The van der Waals surface area contributed by atoms with Crippen LogP contribution in [0.5, 0.6) is 0 Å². The van der Waals surface area contributed by atoms with Crippen LogP contribution in [-0.2, 0) is 13.1 Å². The Labute approximate surface area is 109 Å². The van der Waals surface area contributed by atoms with Crippen molar-refractivity contribution in [2.75, 3.05) is 0 Å². The van der Waals surface area contributed by atoms with Crippen LogP contribution in [-0.4, -0.2) is 25.4 Å². The molecule has 19 heavy (non-hydrogen) atoms. The Kier molecular flexibility index (Phi) is 3.03. The van der Waals surface area contributed by atoms with Gasteiger partial charge in [0.2, 0.25) is 5.82 Å². The van der Waals surface area contributed by atoms with Gasteiger partial charge in [0.05, 0.1) is 5.69 Å². The van der Waals surface area contributed by atoms with Gasteiger partial charge < -0.3 is 10.3 Å². The van der Waals surface area contributed by atoms with Crippen LogP contribution in [0.3, 0.4) is 0 Å². The van der Waals surface area contributed by atoms with Crippen molar-refractivity contribution in [3.63, 3.8) is 0 Å². The van der Waals surface area contributed by atoms with Crippen LogP contribution in [0.15, 0.2) is 40.9 Å². The van der Waals surface area contributed by atoms with Gasteiger partial charge in [-0.2, -0.15) is 4.80 Å². The topological polar surface area (TPSA) is 95.7 Å². The number of benzene rings is 1. The minimum absolute atomic E-state index is 0.351. The Bertz CT molecular complexity index is 660. The maximum absolute atomic E-state index is 5.46. The smallest absolute Gasteiger partial charge is 0.204 e. The van der Waals surface area contributed by atoms with E-state index < -0.39 is 0 Å². The molecule has 0 aliphatic rings. The predicted octanol–water partition coefficient (Wildman–Crippen LogP) is 0.835. The molecular formula is C12H12N6O. The van der Waals surface area contributed by atoms with Gasteiger partial charge in [0.1, 0.15) is 6.54 Å². The van der Waals surface area contributed by atoms with Crippen LogP contribution < -0.4 is 5.73 Å². The first kappa shape index (κ1) is 11.5. The molecule has 0 atom stereocenters. The van der Waals surface area contributed by atoms with Crippen molar-refractivity contribution >= 4 is 0 Å². The fraction of sp³-hybridized carbons (Fsp3) is 0.167. The summed E-state index contributed by atoms with van der Waals surface area (Å²) >= 11 is 0. The summed E-state index contributed by atoms with van der Waals surface area (Å²) in [5.41, 5.74) is 7.10. The fourth-order valence-corrected chi connectivity index (χ4v) is 1.68. The highest BCUT2D eigenvalue weighted by molar-refractivity contribution is 5.52. The molecule has 2 heterocycles. The highest BCUT2D eigenvalue weighted by Gasteiger charge is 2.08. The van der Waals surface area contributed by atoms with Gasteiger partial charge in [0.25, 0.3) is 0 Å². The number of aromatic nitrogens is 5. The van der Waals surface area contributed by atoms with E-state index in [1.807, 2.05) is 30.3 Å². The summed E-state index contributed by atoms with van der Waals surface area (Å²) in [7, 11) is 0. The van der Waals surface area contributed by atoms with Crippen molar-refractivity contribution in [3.05, 3.63) is 47.9 Å². The summed E-state index contributed by atoms with van der Waals surface area (Å²) in [6.45, 7) is 0.733. The lowest BCUT2D eigenvalue weighted by atomic mass is 10.2. The fourth-order valence-electron chi connectivity index (χ4n) is 1.68.